The monoisotopic (exact) mass is 285 g/mol. The number of hydrogen-bond acceptors (Lipinski definition) is 4. The number of aromatic nitrogens is 2. The van der Waals surface area contributed by atoms with Gasteiger partial charge in [-0.1, -0.05) is 18.2 Å². The SMILES string of the molecule is O=C(O)NCC1CCOc2c(-c3cncnc3)cccc21. The molecule has 0 aliphatic carbocycles. The van der Waals surface area contributed by atoms with Crippen LogP contribution in [-0.2, 0) is 0 Å². The minimum atomic E-state index is -1.00. The van der Waals surface area contributed by atoms with Crippen LogP contribution < -0.4 is 10.1 Å². The molecule has 2 heterocycles. The molecule has 3 rings (SSSR count). The summed E-state index contributed by atoms with van der Waals surface area (Å²) >= 11 is 0. The van der Waals surface area contributed by atoms with Gasteiger partial charge in [0.2, 0.25) is 0 Å². The second kappa shape index (κ2) is 5.78. The number of nitrogens with one attached hydrogen (secondary N) is 1. The molecule has 6 nitrogen and oxygen atoms in total. The summed E-state index contributed by atoms with van der Waals surface area (Å²) in [5.74, 6) is 0.921. The number of benzene rings is 1. The Balaban J connectivity index is 1.96. The van der Waals surface area contributed by atoms with Gasteiger partial charge >= 0.3 is 6.09 Å². The van der Waals surface area contributed by atoms with Gasteiger partial charge in [0.05, 0.1) is 6.61 Å². The molecule has 21 heavy (non-hydrogen) atoms. The van der Waals surface area contributed by atoms with Gasteiger partial charge in [-0.15, -0.1) is 0 Å². The number of fused-ring (bicyclic) bond motifs is 1. The van der Waals surface area contributed by atoms with Gasteiger partial charge in [0.25, 0.3) is 0 Å². The van der Waals surface area contributed by atoms with Crippen LogP contribution in [-0.4, -0.2) is 34.3 Å². The van der Waals surface area contributed by atoms with Gasteiger partial charge in [-0.25, -0.2) is 14.8 Å². The highest BCUT2D eigenvalue weighted by Gasteiger charge is 2.24. The van der Waals surface area contributed by atoms with Crippen LogP contribution >= 0.6 is 0 Å². The first-order valence-electron chi connectivity index (χ1n) is 6.73. The van der Waals surface area contributed by atoms with Gasteiger partial charge in [-0.05, 0) is 12.0 Å². The molecule has 2 aromatic rings. The second-order valence-electron chi connectivity index (χ2n) is 4.87. The van der Waals surface area contributed by atoms with Crippen molar-refractivity contribution in [2.45, 2.75) is 12.3 Å². The minimum Gasteiger partial charge on any atom is -0.493 e. The van der Waals surface area contributed by atoms with Crippen molar-refractivity contribution in [3.63, 3.8) is 0 Å². The van der Waals surface area contributed by atoms with E-state index < -0.39 is 6.09 Å². The predicted molar refractivity (Wildman–Crippen MR) is 76.3 cm³/mol. The van der Waals surface area contributed by atoms with E-state index >= 15 is 0 Å². The van der Waals surface area contributed by atoms with Crippen molar-refractivity contribution >= 4 is 6.09 Å². The summed E-state index contributed by atoms with van der Waals surface area (Å²) in [7, 11) is 0. The third-order valence-corrected chi connectivity index (χ3v) is 3.57. The fourth-order valence-corrected chi connectivity index (χ4v) is 2.58. The lowest BCUT2D eigenvalue weighted by atomic mass is 9.90. The van der Waals surface area contributed by atoms with Crippen LogP contribution in [0.2, 0.25) is 0 Å². The summed E-state index contributed by atoms with van der Waals surface area (Å²) in [6.45, 7) is 0.962. The lowest BCUT2D eigenvalue weighted by Gasteiger charge is -2.27. The molecule has 0 radical (unpaired) electrons. The quantitative estimate of drug-likeness (QED) is 0.903. The van der Waals surface area contributed by atoms with E-state index in [1.54, 1.807) is 12.4 Å². The molecule has 0 saturated carbocycles. The molecule has 1 atom stereocenters. The number of amides is 1. The van der Waals surface area contributed by atoms with E-state index in [-0.39, 0.29) is 5.92 Å². The Kier molecular flexibility index (Phi) is 3.68. The Morgan fingerprint density at radius 1 is 1.38 bits per heavy atom. The third kappa shape index (κ3) is 2.79. The van der Waals surface area contributed by atoms with E-state index in [9.17, 15) is 4.79 Å². The van der Waals surface area contributed by atoms with Crippen molar-refractivity contribution in [3.8, 4) is 16.9 Å². The van der Waals surface area contributed by atoms with Crippen LogP contribution in [0.4, 0.5) is 4.79 Å². The highest BCUT2D eigenvalue weighted by Crippen LogP contribution is 2.40. The van der Waals surface area contributed by atoms with E-state index in [4.69, 9.17) is 9.84 Å². The van der Waals surface area contributed by atoms with E-state index in [0.717, 1.165) is 28.9 Å². The fourth-order valence-electron chi connectivity index (χ4n) is 2.58. The summed E-state index contributed by atoms with van der Waals surface area (Å²) in [6, 6.07) is 5.89. The van der Waals surface area contributed by atoms with Crippen LogP contribution in [0.3, 0.4) is 0 Å². The molecular formula is C15H15N3O3. The zero-order valence-corrected chi connectivity index (χ0v) is 11.3. The van der Waals surface area contributed by atoms with Crippen molar-refractivity contribution in [1.29, 1.82) is 0 Å². The van der Waals surface area contributed by atoms with Crippen molar-refractivity contribution in [2.24, 2.45) is 0 Å². The molecule has 1 unspecified atom stereocenters. The lowest BCUT2D eigenvalue weighted by Crippen LogP contribution is -2.29. The van der Waals surface area contributed by atoms with Gasteiger partial charge in [-0.2, -0.15) is 0 Å². The van der Waals surface area contributed by atoms with E-state index in [1.165, 1.54) is 6.33 Å². The van der Waals surface area contributed by atoms with Gasteiger partial charge < -0.3 is 15.2 Å². The Labute approximate surface area is 121 Å². The molecule has 1 aliphatic heterocycles. The molecule has 1 aliphatic rings. The molecule has 108 valence electrons. The number of rotatable bonds is 3. The normalized spacial score (nSPS) is 16.7. The average Bonchev–Trinajstić information content (AvgIpc) is 2.53. The van der Waals surface area contributed by atoms with Gasteiger partial charge in [-0.3, -0.25) is 0 Å². The Morgan fingerprint density at radius 2 is 2.19 bits per heavy atom. The van der Waals surface area contributed by atoms with Crippen molar-refractivity contribution < 1.29 is 14.6 Å². The standard InChI is InChI=1S/C15H15N3O3/c19-15(20)18-8-10-4-5-21-14-12(10)2-1-3-13(14)11-6-16-9-17-7-11/h1-3,6-7,9-10,18H,4-5,8H2,(H,19,20). The van der Waals surface area contributed by atoms with Crippen molar-refractivity contribution in [1.82, 2.24) is 15.3 Å². The number of para-hydroxylation sites is 1. The van der Waals surface area contributed by atoms with Gasteiger partial charge in [0, 0.05) is 36.0 Å². The van der Waals surface area contributed by atoms with Crippen LogP contribution in [0.1, 0.15) is 17.9 Å². The summed E-state index contributed by atoms with van der Waals surface area (Å²) in [5, 5.41) is 11.2. The molecule has 1 aromatic carbocycles. The lowest BCUT2D eigenvalue weighted by molar-refractivity contribution is 0.191. The molecule has 0 saturated heterocycles. The van der Waals surface area contributed by atoms with Gasteiger partial charge in [0.15, 0.2) is 0 Å². The van der Waals surface area contributed by atoms with E-state index in [1.807, 2.05) is 18.2 Å². The van der Waals surface area contributed by atoms with E-state index in [2.05, 4.69) is 15.3 Å². The van der Waals surface area contributed by atoms with Crippen molar-refractivity contribution in [3.05, 3.63) is 42.5 Å². The zero-order valence-electron chi connectivity index (χ0n) is 11.3. The first-order valence-corrected chi connectivity index (χ1v) is 6.73. The molecule has 0 spiro atoms. The predicted octanol–water partition coefficient (Wildman–Crippen LogP) is 2.28. The topological polar surface area (TPSA) is 84.3 Å². The Hall–Kier alpha value is -2.63. The molecule has 2 N–H and O–H groups in total. The summed E-state index contributed by atoms with van der Waals surface area (Å²) < 4.78 is 5.82. The highest BCUT2D eigenvalue weighted by atomic mass is 16.5. The van der Waals surface area contributed by atoms with Crippen molar-refractivity contribution in [2.75, 3.05) is 13.2 Å². The third-order valence-electron chi connectivity index (χ3n) is 3.57. The highest BCUT2D eigenvalue weighted by molar-refractivity contribution is 5.72. The van der Waals surface area contributed by atoms with E-state index in [0.29, 0.717) is 13.2 Å². The molecule has 0 fully saturated rings. The summed E-state index contributed by atoms with van der Waals surface area (Å²) in [5.41, 5.74) is 2.85. The number of carboxylic acid groups (broad SMARTS) is 1. The van der Waals surface area contributed by atoms with Crippen LogP contribution in [0, 0.1) is 0 Å². The molecular weight excluding hydrogens is 270 g/mol. The number of ether oxygens (including phenoxy) is 1. The molecule has 0 bridgehead atoms. The van der Waals surface area contributed by atoms with Gasteiger partial charge in [0.1, 0.15) is 12.1 Å². The maximum absolute atomic E-state index is 10.7. The average molecular weight is 285 g/mol. The minimum absolute atomic E-state index is 0.120. The molecule has 6 heteroatoms. The second-order valence-corrected chi connectivity index (χ2v) is 4.87. The summed E-state index contributed by atoms with van der Waals surface area (Å²) in [4.78, 5) is 18.7. The van der Waals surface area contributed by atoms with Crippen LogP contribution in [0.25, 0.3) is 11.1 Å². The smallest absolute Gasteiger partial charge is 0.404 e. The Morgan fingerprint density at radius 3 is 2.95 bits per heavy atom. The molecule has 1 amide bonds. The first-order chi connectivity index (χ1) is 10.3. The maximum Gasteiger partial charge on any atom is 0.404 e. The largest absolute Gasteiger partial charge is 0.493 e. The number of hydrogen-bond donors (Lipinski definition) is 2. The first kappa shape index (κ1) is 13.4. The summed E-state index contributed by atoms with van der Waals surface area (Å²) in [6.07, 6.45) is 4.76. The maximum atomic E-state index is 10.7. The number of nitrogens with zero attached hydrogens (tertiary/aromatic N) is 2. The zero-order chi connectivity index (χ0) is 14.7. The van der Waals surface area contributed by atoms with Crippen LogP contribution in [0.15, 0.2) is 36.9 Å². The fraction of sp³-hybridized carbons (Fsp3) is 0.267. The Bertz CT molecular complexity index is 646. The van der Waals surface area contributed by atoms with Crippen LogP contribution in [0.5, 0.6) is 5.75 Å². The number of carbonyl (C=O) groups is 1. The molecule has 1 aromatic heterocycles.